The zero-order valence-corrected chi connectivity index (χ0v) is 29.6. The third kappa shape index (κ3) is 4.78. The van der Waals surface area contributed by atoms with Gasteiger partial charge in [0.2, 0.25) is 0 Å². The van der Waals surface area contributed by atoms with E-state index in [4.69, 9.17) is 67.2 Å². The summed E-state index contributed by atoms with van der Waals surface area (Å²) in [6, 6.07) is 41.0. The molecule has 0 unspecified atom stereocenters. The first kappa shape index (κ1) is 33.9. The molecule has 10 rings (SSSR count). The molecule has 55 heavy (non-hydrogen) atoms. The van der Waals surface area contributed by atoms with Crippen molar-refractivity contribution < 1.29 is 4.42 Å². The molecule has 0 bridgehead atoms. The fourth-order valence-corrected chi connectivity index (χ4v) is 8.60. The standard InChI is InChI=1S/C46H20B8O/c47-39-35-33(22-16-19-32-30(20-22)28-13-5-6-15-31(28)55-32)36-38(42(50)46(54)44(52)40(36)48)34(37(35)41(49)45(53)43(39)51)29-18-17-27(25-11-3-4-12-26(25)29)24-14-7-9-21-8-1-2-10-23(21)24/h1-20H. The van der Waals surface area contributed by atoms with Crippen LogP contribution in [0.25, 0.3) is 98.4 Å². The molecule has 0 fully saturated rings. The molecule has 0 saturated carbocycles. The molecule has 1 aromatic heterocycles. The topological polar surface area (TPSA) is 13.1 Å². The first-order valence-electron chi connectivity index (χ1n) is 17.8. The minimum absolute atomic E-state index is 0.164. The molecule has 0 aliphatic rings. The van der Waals surface area contributed by atoms with Crippen molar-refractivity contribution in [2.24, 2.45) is 0 Å². The van der Waals surface area contributed by atoms with Gasteiger partial charge in [-0.2, -0.15) is 0 Å². The van der Waals surface area contributed by atoms with Crippen molar-refractivity contribution in [2.75, 3.05) is 0 Å². The quantitative estimate of drug-likeness (QED) is 0.207. The van der Waals surface area contributed by atoms with E-state index in [9.17, 15) is 0 Å². The molecule has 9 heteroatoms. The number of rotatable bonds is 3. The summed E-state index contributed by atoms with van der Waals surface area (Å²) in [5, 5.41) is 8.38. The van der Waals surface area contributed by atoms with Crippen molar-refractivity contribution in [1.29, 1.82) is 0 Å². The van der Waals surface area contributed by atoms with Crippen molar-refractivity contribution >= 4 is 172 Å². The predicted molar refractivity (Wildman–Crippen MR) is 243 cm³/mol. The molecule has 10 aromatic rings. The third-order valence-corrected chi connectivity index (χ3v) is 11.3. The largest absolute Gasteiger partial charge is 0.456 e. The van der Waals surface area contributed by atoms with Crippen molar-refractivity contribution in [1.82, 2.24) is 0 Å². The lowest BCUT2D eigenvalue weighted by Gasteiger charge is -2.29. The average molecular weight is 675 g/mol. The Morgan fingerprint density at radius 3 is 1.40 bits per heavy atom. The summed E-state index contributed by atoms with van der Waals surface area (Å²) in [7, 11) is 55.0. The Morgan fingerprint density at radius 2 is 0.764 bits per heavy atom. The van der Waals surface area contributed by atoms with Crippen LogP contribution in [-0.4, -0.2) is 62.8 Å². The highest BCUT2D eigenvalue weighted by Crippen LogP contribution is 2.45. The van der Waals surface area contributed by atoms with Gasteiger partial charge in [-0.15, -0.1) is 21.9 Å². The van der Waals surface area contributed by atoms with Crippen LogP contribution in [0, 0.1) is 0 Å². The number of para-hydroxylation sites is 1. The molecule has 0 N–H and O–H groups in total. The summed E-state index contributed by atoms with van der Waals surface area (Å²) in [5.74, 6) is 0. The first-order valence-corrected chi connectivity index (χ1v) is 17.8. The van der Waals surface area contributed by atoms with Crippen LogP contribution in [-0.2, 0) is 0 Å². The third-order valence-electron chi connectivity index (χ3n) is 11.3. The minimum Gasteiger partial charge on any atom is -0.456 e. The Kier molecular flexibility index (Phi) is 7.66. The van der Waals surface area contributed by atoms with Crippen LogP contribution in [0.4, 0.5) is 0 Å². The van der Waals surface area contributed by atoms with Crippen LogP contribution < -0.4 is 43.7 Å². The Balaban J connectivity index is 1.42. The van der Waals surface area contributed by atoms with Gasteiger partial charge in [-0.05, 0) is 94.7 Å². The molecular weight excluding hydrogens is 655 g/mol. The summed E-state index contributed by atoms with van der Waals surface area (Å²) in [6.45, 7) is 0. The lowest BCUT2D eigenvalue weighted by molar-refractivity contribution is 0.669. The molecule has 0 atom stereocenters. The molecule has 0 saturated heterocycles. The predicted octanol–water partition coefficient (Wildman–Crippen LogP) is 3.55. The maximum absolute atomic E-state index is 7.09. The smallest absolute Gasteiger partial charge is 0.135 e. The number of hydrogen-bond acceptors (Lipinski definition) is 1. The van der Waals surface area contributed by atoms with E-state index in [1.807, 2.05) is 60.7 Å². The Labute approximate surface area is 329 Å². The van der Waals surface area contributed by atoms with Crippen LogP contribution >= 0.6 is 0 Å². The van der Waals surface area contributed by atoms with E-state index in [0.717, 1.165) is 65.7 Å². The lowest BCUT2D eigenvalue weighted by atomic mass is 9.59. The molecule has 0 spiro atoms. The molecule has 1 heterocycles. The highest BCUT2D eigenvalue weighted by molar-refractivity contribution is 6.71. The number of hydrogen-bond donors (Lipinski definition) is 0. The van der Waals surface area contributed by atoms with E-state index in [0.29, 0.717) is 32.7 Å². The van der Waals surface area contributed by atoms with Gasteiger partial charge in [0, 0.05) is 10.8 Å². The first-order chi connectivity index (χ1) is 26.7. The fraction of sp³-hybridized carbons (Fsp3) is 0. The van der Waals surface area contributed by atoms with Gasteiger partial charge in [0.05, 0.1) is 0 Å². The molecular formula is C46H20B8O. The summed E-state index contributed by atoms with van der Waals surface area (Å²) < 4.78 is 6.19. The van der Waals surface area contributed by atoms with Gasteiger partial charge in [-0.25, -0.2) is 0 Å². The zero-order chi connectivity index (χ0) is 37.9. The minimum atomic E-state index is 0.164. The van der Waals surface area contributed by atoms with Crippen LogP contribution in [0.5, 0.6) is 0 Å². The molecule has 9 aromatic carbocycles. The SMILES string of the molecule is [B]c1c([B])c([B])c2c(-c3ccc(-c4cccc5ccccc45)c4ccccc34)c3c([B])c([B])c([B])c([B])c3c(-c3ccc4oc5ccccc5c4c3)c2c1[B]. The fourth-order valence-electron chi connectivity index (χ4n) is 8.60. The van der Waals surface area contributed by atoms with Crippen molar-refractivity contribution in [3.63, 3.8) is 0 Å². The molecule has 1 nitrogen and oxygen atoms in total. The number of benzene rings is 9. The summed E-state index contributed by atoms with van der Waals surface area (Å²) in [5.41, 5.74) is 8.23. The van der Waals surface area contributed by atoms with Crippen LogP contribution in [0.15, 0.2) is 126 Å². The van der Waals surface area contributed by atoms with Gasteiger partial charge in [0.1, 0.15) is 73.9 Å². The van der Waals surface area contributed by atoms with Crippen molar-refractivity contribution in [3.8, 4) is 33.4 Å². The number of furan rings is 1. The molecule has 16 radical (unpaired) electrons. The summed E-state index contributed by atoms with van der Waals surface area (Å²) >= 11 is 0. The number of fused-ring (bicyclic) bond motifs is 7. The van der Waals surface area contributed by atoms with Crippen LogP contribution in [0.2, 0.25) is 0 Å². The van der Waals surface area contributed by atoms with Crippen molar-refractivity contribution in [3.05, 3.63) is 121 Å². The second-order valence-corrected chi connectivity index (χ2v) is 14.1. The van der Waals surface area contributed by atoms with Gasteiger partial charge in [0.15, 0.2) is 0 Å². The maximum atomic E-state index is 7.09. The Bertz CT molecular complexity index is 3220. The summed E-state index contributed by atoms with van der Waals surface area (Å²) in [6.07, 6.45) is 0. The molecule has 234 valence electrons. The van der Waals surface area contributed by atoms with Crippen LogP contribution in [0.3, 0.4) is 0 Å². The van der Waals surface area contributed by atoms with E-state index in [1.54, 1.807) is 0 Å². The Hall–Kier alpha value is -5.66. The van der Waals surface area contributed by atoms with E-state index < -0.39 is 0 Å². The summed E-state index contributed by atoms with van der Waals surface area (Å²) in [4.78, 5) is 0. The van der Waals surface area contributed by atoms with Gasteiger partial charge in [-0.3, -0.25) is 0 Å². The molecule has 0 amide bonds. The lowest BCUT2D eigenvalue weighted by Crippen LogP contribution is -2.50. The monoisotopic (exact) mass is 676 g/mol. The second-order valence-electron chi connectivity index (χ2n) is 14.1. The van der Waals surface area contributed by atoms with Gasteiger partial charge >= 0.3 is 0 Å². The van der Waals surface area contributed by atoms with Crippen LogP contribution in [0.1, 0.15) is 0 Å². The van der Waals surface area contributed by atoms with Gasteiger partial charge in [0.25, 0.3) is 0 Å². The maximum Gasteiger partial charge on any atom is 0.135 e. The second kappa shape index (κ2) is 12.4. The average Bonchev–Trinajstić information content (AvgIpc) is 3.60. The van der Waals surface area contributed by atoms with Crippen molar-refractivity contribution in [2.45, 2.75) is 0 Å². The molecule has 0 aliphatic heterocycles. The highest BCUT2D eigenvalue weighted by Gasteiger charge is 2.26. The van der Waals surface area contributed by atoms with E-state index in [2.05, 4.69) is 60.7 Å². The van der Waals surface area contributed by atoms with Gasteiger partial charge < -0.3 is 4.42 Å². The van der Waals surface area contributed by atoms with Gasteiger partial charge in [-0.1, -0.05) is 125 Å². The zero-order valence-electron chi connectivity index (χ0n) is 29.6. The normalized spacial score (nSPS) is 11.9. The van der Waals surface area contributed by atoms with E-state index in [-0.39, 0.29) is 43.7 Å². The van der Waals surface area contributed by atoms with E-state index >= 15 is 0 Å². The highest BCUT2D eigenvalue weighted by atomic mass is 16.3. The van der Waals surface area contributed by atoms with E-state index in [1.165, 1.54) is 0 Å². The molecule has 0 aliphatic carbocycles. The Morgan fingerprint density at radius 1 is 0.309 bits per heavy atom.